The highest BCUT2D eigenvalue weighted by molar-refractivity contribution is 5.60. The molecule has 0 spiro atoms. The summed E-state index contributed by atoms with van der Waals surface area (Å²) in [6.45, 7) is 18.6. The summed E-state index contributed by atoms with van der Waals surface area (Å²) < 4.78 is 18.8. The van der Waals surface area contributed by atoms with Crippen LogP contribution in [-0.4, -0.2) is 17.2 Å². The summed E-state index contributed by atoms with van der Waals surface area (Å²) in [5.74, 6) is 5.72. The Labute approximate surface area is 238 Å². The fourth-order valence-electron chi connectivity index (χ4n) is 6.65. The molecule has 2 aromatic rings. The summed E-state index contributed by atoms with van der Waals surface area (Å²) in [5.41, 5.74) is 5.10. The third-order valence-electron chi connectivity index (χ3n) is 9.42. The van der Waals surface area contributed by atoms with Crippen molar-refractivity contribution in [2.24, 2.45) is 17.8 Å². The topological polar surface area (TPSA) is 34.8 Å². The Morgan fingerprint density at radius 2 is 1.54 bits per heavy atom. The van der Waals surface area contributed by atoms with Crippen LogP contribution in [0.15, 0.2) is 22.8 Å². The zero-order valence-electron chi connectivity index (χ0n) is 26.0. The van der Waals surface area contributed by atoms with Crippen LogP contribution in [0.1, 0.15) is 127 Å². The minimum atomic E-state index is -0.0769. The number of hydrogen-bond acceptors (Lipinski definition) is 4. The van der Waals surface area contributed by atoms with Crippen molar-refractivity contribution in [3.05, 3.63) is 46.4 Å². The number of benzene rings is 1. The predicted octanol–water partition coefficient (Wildman–Crippen LogP) is 9.77. The highest BCUT2D eigenvalue weighted by Gasteiger charge is 2.36. The number of fused-ring (bicyclic) bond motifs is 3. The number of rotatable bonds is 14. The van der Waals surface area contributed by atoms with Crippen molar-refractivity contribution in [1.29, 1.82) is 0 Å². The Morgan fingerprint density at radius 1 is 0.872 bits per heavy atom. The lowest BCUT2D eigenvalue weighted by molar-refractivity contribution is 0.0471. The largest absolute Gasteiger partial charge is 0.487 e. The molecule has 2 aliphatic heterocycles. The fraction of sp³-hybridized carbons (Fsp3) is 0.714. The van der Waals surface area contributed by atoms with Gasteiger partial charge in [-0.25, -0.2) is 0 Å². The van der Waals surface area contributed by atoms with E-state index in [0.717, 1.165) is 67.4 Å². The first-order valence-corrected chi connectivity index (χ1v) is 15.9. The van der Waals surface area contributed by atoms with Crippen molar-refractivity contribution in [2.75, 3.05) is 6.73 Å². The van der Waals surface area contributed by atoms with Crippen LogP contribution in [0, 0.1) is 31.6 Å². The molecule has 0 fully saturated rings. The van der Waals surface area contributed by atoms with Crippen LogP contribution >= 0.6 is 0 Å². The van der Waals surface area contributed by atoms with Gasteiger partial charge in [0.25, 0.3) is 0 Å². The van der Waals surface area contributed by atoms with Gasteiger partial charge in [-0.2, -0.15) is 0 Å². The molecule has 0 aliphatic carbocycles. The zero-order chi connectivity index (χ0) is 28.0. The second-order valence-electron chi connectivity index (χ2n) is 13.6. The van der Waals surface area contributed by atoms with Gasteiger partial charge in [0.1, 0.15) is 29.6 Å². The van der Waals surface area contributed by atoms with Gasteiger partial charge in [-0.05, 0) is 87.5 Å². The van der Waals surface area contributed by atoms with Gasteiger partial charge in [0.15, 0.2) is 0 Å². The molecular formula is C35H55NO3. The summed E-state index contributed by atoms with van der Waals surface area (Å²) in [7, 11) is 0. The number of nitrogens with zero attached hydrogens (tertiary/aromatic N) is 1. The van der Waals surface area contributed by atoms with Crippen LogP contribution in [0.5, 0.6) is 11.5 Å². The number of ether oxygens (including phenoxy) is 2. The highest BCUT2D eigenvalue weighted by Crippen LogP contribution is 2.46. The molecule has 0 bridgehead atoms. The normalized spacial score (nSPS) is 20.7. The first-order chi connectivity index (χ1) is 18.6. The minimum absolute atomic E-state index is 0.0769. The van der Waals surface area contributed by atoms with Gasteiger partial charge in [-0.3, -0.25) is 4.90 Å². The molecule has 3 atom stereocenters. The second kappa shape index (κ2) is 13.6. The maximum Gasteiger partial charge on any atom is 0.142 e. The van der Waals surface area contributed by atoms with Crippen molar-refractivity contribution >= 4 is 0 Å². The molecule has 1 aromatic carbocycles. The lowest BCUT2D eigenvalue weighted by Gasteiger charge is -2.40. The maximum atomic E-state index is 6.89. The van der Waals surface area contributed by atoms with Crippen molar-refractivity contribution in [3.8, 4) is 11.5 Å². The SMILES string of the molecule is Cc1c(C)c2c(c3c1OCN(Cc1ccco1)C3)CC[C@@](C)(CCC[C@@H](C)CCC[C@@H](C)CCCC(C)C)O2. The Morgan fingerprint density at radius 3 is 2.21 bits per heavy atom. The lowest BCUT2D eigenvalue weighted by Crippen LogP contribution is -2.39. The molecule has 0 amide bonds. The van der Waals surface area contributed by atoms with Crippen molar-refractivity contribution in [1.82, 2.24) is 4.90 Å². The quantitative estimate of drug-likeness (QED) is 0.240. The van der Waals surface area contributed by atoms with Crippen molar-refractivity contribution in [3.63, 3.8) is 0 Å². The monoisotopic (exact) mass is 537 g/mol. The minimum Gasteiger partial charge on any atom is -0.487 e. The first-order valence-electron chi connectivity index (χ1n) is 15.9. The van der Waals surface area contributed by atoms with E-state index in [9.17, 15) is 0 Å². The lowest BCUT2D eigenvalue weighted by atomic mass is 9.83. The first kappa shape index (κ1) is 30.0. The molecule has 218 valence electrons. The van der Waals surface area contributed by atoms with Gasteiger partial charge in [0, 0.05) is 17.7 Å². The number of furan rings is 1. The van der Waals surface area contributed by atoms with Gasteiger partial charge >= 0.3 is 0 Å². The van der Waals surface area contributed by atoms with Gasteiger partial charge in [0.2, 0.25) is 0 Å². The molecule has 0 saturated heterocycles. The van der Waals surface area contributed by atoms with Gasteiger partial charge < -0.3 is 13.9 Å². The van der Waals surface area contributed by atoms with Gasteiger partial charge in [0.05, 0.1) is 12.8 Å². The van der Waals surface area contributed by atoms with E-state index < -0.39 is 0 Å². The number of hydrogen-bond donors (Lipinski definition) is 0. The van der Waals surface area contributed by atoms with Crippen LogP contribution in [0.25, 0.3) is 0 Å². The van der Waals surface area contributed by atoms with Crippen LogP contribution in [0.2, 0.25) is 0 Å². The highest BCUT2D eigenvalue weighted by atomic mass is 16.5. The third-order valence-corrected chi connectivity index (χ3v) is 9.42. The molecule has 4 nitrogen and oxygen atoms in total. The van der Waals surface area contributed by atoms with E-state index >= 15 is 0 Å². The summed E-state index contributed by atoms with van der Waals surface area (Å²) >= 11 is 0. The van der Waals surface area contributed by atoms with Crippen molar-refractivity contribution < 1.29 is 13.9 Å². The molecule has 39 heavy (non-hydrogen) atoms. The van der Waals surface area contributed by atoms with Crippen LogP contribution in [0.4, 0.5) is 0 Å². The summed E-state index contributed by atoms with van der Waals surface area (Å²) in [6.07, 6.45) is 15.9. The smallest absolute Gasteiger partial charge is 0.142 e. The van der Waals surface area contributed by atoms with Crippen LogP contribution < -0.4 is 9.47 Å². The molecule has 0 unspecified atom stereocenters. The van der Waals surface area contributed by atoms with E-state index in [1.807, 2.05) is 12.1 Å². The maximum absolute atomic E-state index is 6.89. The fourth-order valence-corrected chi connectivity index (χ4v) is 6.65. The molecule has 4 rings (SSSR count). The second-order valence-corrected chi connectivity index (χ2v) is 13.6. The summed E-state index contributed by atoms with van der Waals surface area (Å²) in [6, 6.07) is 3.99. The molecule has 0 N–H and O–H groups in total. The molecule has 2 aliphatic rings. The van der Waals surface area contributed by atoms with Gasteiger partial charge in [-0.1, -0.05) is 72.6 Å². The Hall–Kier alpha value is -1.94. The Bertz CT molecular complexity index is 1040. The van der Waals surface area contributed by atoms with Crippen LogP contribution in [-0.2, 0) is 19.5 Å². The zero-order valence-corrected chi connectivity index (χ0v) is 26.0. The van der Waals surface area contributed by atoms with E-state index in [-0.39, 0.29) is 5.60 Å². The molecule has 0 radical (unpaired) electrons. The van der Waals surface area contributed by atoms with Crippen molar-refractivity contribution in [2.45, 2.75) is 138 Å². The average molecular weight is 538 g/mol. The summed E-state index contributed by atoms with van der Waals surface area (Å²) in [5, 5.41) is 0. The van der Waals surface area contributed by atoms with Crippen LogP contribution in [0.3, 0.4) is 0 Å². The third kappa shape index (κ3) is 8.06. The average Bonchev–Trinajstić information content (AvgIpc) is 3.40. The van der Waals surface area contributed by atoms with E-state index in [1.165, 1.54) is 73.6 Å². The van der Waals surface area contributed by atoms with E-state index in [0.29, 0.717) is 6.73 Å². The summed E-state index contributed by atoms with van der Waals surface area (Å²) in [4.78, 5) is 2.32. The molecule has 1 aromatic heterocycles. The Kier molecular flexibility index (Phi) is 10.5. The molecule has 4 heteroatoms. The molecular weight excluding hydrogens is 482 g/mol. The van der Waals surface area contributed by atoms with E-state index in [2.05, 4.69) is 53.4 Å². The van der Waals surface area contributed by atoms with E-state index in [1.54, 1.807) is 6.26 Å². The van der Waals surface area contributed by atoms with Gasteiger partial charge in [-0.15, -0.1) is 0 Å². The standard InChI is InChI=1S/C35H55NO3/c1-25(2)12-8-13-26(3)14-9-15-27(4)16-10-19-35(7)20-18-31-32-23-36(22-30-17-11-21-37-30)24-38-33(32)28(5)29(6)34(31)39-35/h11,17,21,25-27H,8-10,12-16,18-20,22-24H2,1-7H3/t26-,27-,35+/m0/s1. The molecule has 0 saturated carbocycles. The van der Waals surface area contributed by atoms with E-state index in [4.69, 9.17) is 13.9 Å². The predicted molar refractivity (Wildman–Crippen MR) is 161 cm³/mol. The Balaban J connectivity index is 1.27. The molecule has 3 heterocycles.